The second-order valence-electron chi connectivity index (χ2n) is 2.77. The molecule has 2 N–H and O–H groups in total. The predicted molar refractivity (Wildman–Crippen MR) is 54.2 cm³/mol. The van der Waals surface area contributed by atoms with Crippen LogP contribution in [0.4, 0.5) is 11.9 Å². The van der Waals surface area contributed by atoms with Crippen molar-refractivity contribution < 1.29 is 4.84 Å². The van der Waals surface area contributed by atoms with Gasteiger partial charge in [-0.15, -0.1) is 0 Å². The topological polar surface area (TPSA) is 72.0 Å². The molecule has 0 atom stereocenters. The fraction of sp³-hybridized carbons (Fsp3) is 0.571. The van der Waals surface area contributed by atoms with E-state index in [0.29, 0.717) is 5.95 Å². The van der Waals surface area contributed by atoms with Crippen LogP contribution < -0.4 is 10.8 Å². The van der Waals surface area contributed by atoms with Crippen LogP contribution in [0, 0.1) is 0 Å². The number of anilines is 2. The van der Waals surface area contributed by atoms with Crippen LogP contribution in [0.15, 0.2) is 0 Å². The Kier molecular flexibility index (Phi) is 3.84. The highest BCUT2D eigenvalue weighted by Crippen LogP contribution is 2.08. The standard InChI is InChI=1S/C7H12ClN5O/c1-4(2)14-13-7-11-5(8)10-6(9-3)12-7/h4H,1-3H3,(H2,9,10,11,12,13). The van der Waals surface area contributed by atoms with Gasteiger partial charge in [0.15, 0.2) is 0 Å². The number of hydrogen-bond donors (Lipinski definition) is 2. The Hall–Kier alpha value is -1.14. The van der Waals surface area contributed by atoms with Gasteiger partial charge < -0.3 is 5.32 Å². The Balaban J connectivity index is 2.71. The lowest BCUT2D eigenvalue weighted by Crippen LogP contribution is -2.12. The van der Waals surface area contributed by atoms with Crippen LogP contribution in [0.2, 0.25) is 5.28 Å². The predicted octanol–water partition coefficient (Wildman–Crippen LogP) is 1.32. The van der Waals surface area contributed by atoms with Gasteiger partial charge in [-0.1, -0.05) is 0 Å². The minimum absolute atomic E-state index is 0.0311. The van der Waals surface area contributed by atoms with Crippen molar-refractivity contribution in [2.24, 2.45) is 0 Å². The second kappa shape index (κ2) is 4.92. The molecule has 0 unspecified atom stereocenters. The van der Waals surface area contributed by atoms with Crippen LogP contribution in [-0.4, -0.2) is 28.1 Å². The number of nitrogens with zero attached hydrogens (tertiary/aromatic N) is 3. The zero-order chi connectivity index (χ0) is 10.6. The summed E-state index contributed by atoms with van der Waals surface area (Å²) in [6, 6.07) is 0. The largest absolute Gasteiger partial charge is 0.357 e. The molecule has 0 spiro atoms. The summed E-state index contributed by atoms with van der Waals surface area (Å²) < 4.78 is 0. The number of nitrogens with one attached hydrogen (secondary N) is 2. The van der Waals surface area contributed by atoms with Crippen LogP contribution in [0.3, 0.4) is 0 Å². The van der Waals surface area contributed by atoms with Gasteiger partial charge in [-0.25, -0.2) is 5.48 Å². The number of rotatable bonds is 4. The SMILES string of the molecule is CNc1nc(Cl)nc(NOC(C)C)n1. The summed E-state index contributed by atoms with van der Waals surface area (Å²) in [4.78, 5) is 16.7. The van der Waals surface area contributed by atoms with E-state index in [1.165, 1.54) is 0 Å². The zero-order valence-electron chi connectivity index (χ0n) is 8.21. The summed E-state index contributed by atoms with van der Waals surface area (Å²) >= 11 is 5.65. The molecule has 0 radical (unpaired) electrons. The van der Waals surface area contributed by atoms with Crippen LogP contribution in [-0.2, 0) is 4.84 Å². The van der Waals surface area contributed by atoms with Crippen molar-refractivity contribution in [2.45, 2.75) is 20.0 Å². The fourth-order valence-electron chi connectivity index (χ4n) is 0.678. The molecule has 0 aliphatic carbocycles. The Bertz CT molecular complexity index is 306. The third kappa shape index (κ3) is 3.31. The molecule has 0 aliphatic rings. The quantitative estimate of drug-likeness (QED) is 0.742. The lowest BCUT2D eigenvalue weighted by Gasteiger charge is -2.08. The minimum atomic E-state index is 0.0311. The van der Waals surface area contributed by atoms with Gasteiger partial charge in [-0.3, -0.25) is 4.84 Å². The summed E-state index contributed by atoms with van der Waals surface area (Å²) in [6.45, 7) is 3.77. The van der Waals surface area contributed by atoms with E-state index in [9.17, 15) is 0 Å². The normalized spacial score (nSPS) is 10.4. The van der Waals surface area contributed by atoms with Gasteiger partial charge >= 0.3 is 0 Å². The molecule has 0 bridgehead atoms. The average Bonchev–Trinajstić information content (AvgIpc) is 2.14. The minimum Gasteiger partial charge on any atom is -0.357 e. The van der Waals surface area contributed by atoms with Gasteiger partial charge in [-0.2, -0.15) is 15.0 Å². The van der Waals surface area contributed by atoms with Crippen LogP contribution in [0.5, 0.6) is 0 Å². The van der Waals surface area contributed by atoms with Gasteiger partial charge in [0.25, 0.3) is 5.95 Å². The fourth-order valence-corrected chi connectivity index (χ4v) is 0.838. The first-order valence-electron chi connectivity index (χ1n) is 4.13. The molecular formula is C7H12ClN5O. The number of hydrogen-bond acceptors (Lipinski definition) is 6. The Morgan fingerprint density at radius 1 is 1.21 bits per heavy atom. The molecule has 0 aromatic carbocycles. The summed E-state index contributed by atoms with van der Waals surface area (Å²) in [5.41, 5.74) is 2.57. The van der Waals surface area contributed by atoms with Gasteiger partial charge in [0.05, 0.1) is 6.10 Å². The Labute approximate surface area is 87.0 Å². The van der Waals surface area contributed by atoms with E-state index in [0.717, 1.165) is 0 Å². The molecule has 78 valence electrons. The van der Waals surface area contributed by atoms with Crippen molar-refractivity contribution in [2.75, 3.05) is 17.8 Å². The van der Waals surface area contributed by atoms with E-state index < -0.39 is 0 Å². The van der Waals surface area contributed by atoms with Gasteiger partial charge in [0, 0.05) is 7.05 Å². The van der Waals surface area contributed by atoms with Gasteiger partial charge in [0.1, 0.15) is 0 Å². The third-order valence-corrected chi connectivity index (χ3v) is 1.39. The van der Waals surface area contributed by atoms with Crippen molar-refractivity contribution in [1.82, 2.24) is 15.0 Å². The molecule has 14 heavy (non-hydrogen) atoms. The maximum Gasteiger partial charge on any atom is 0.253 e. The smallest absolute Gasteiger partial charge is 0.253 e. The van der Waals surface area contributed by atoms with Crippen molar-refractivity contribution >= 4 is 23.5 Å². The molecule has 6 nitrogen and oxygen atoms in total. The van der Waals surface area contributed by atoms with E-state index >= 15 is 0 Å². The van der Waals surface area contributed by atoms with Gasteiger partial charge in [-0.05, 0) is 25.4 Å². The molecule has 1 heterocycles. The van der Waals surface area contributed by atoms with Crippen molar-refractivity contribution in [3.8, 4) is 0 Å². The van der Waals surface area contributed by atoms with E-state index in [-0.39, 0.29) is 17.3 Å². The molecule has 1 rings (SSSR count). The summed E-state index contributed by atoms with van der Waals surface area (Å²) in [6.07, 6.45) is 0.0311. The molecule has 0 aliphatic heterocycles. The first-order chi connectivity index (χ1) is 6.61. The molecule has 0 amide bonds. The third-order valence-electron chi connectivity index (χ3n) is 1.22. The highest BCUT2D eigenvalue weighted by molar-refractivity contribution is 6.28. The highest BCUT2D eigenvalue weighted by Gasteiger charge is 2.03. The summed E-state index contributed by atoms with van der Waals surface area (Å²) in [5.74, 6) is 0.669. The molecule has 0 saturated heterocycles. The molecule has 1 aromatic heterocycles. The maximum absolute atomic E-state index is 5.65. The van der Waals surface area contributed by atoms with Crippen LogP contribution in [0.25, 0.3) is 0 Å². The average molecular weight is 218 g/mol. The lowest BCUT2D eigenvalue weighted by molar-refractivity contribution is 0.128. The first-order valence-corrected chi connectivity index (χ1v) is 4.50. The van der Waals surface area contributed by atoms with E-state index in [1.54, 1.807) is 7.05 Å². The summed E-state index contributed by atoms with van der Waals surface area (Å²) in [5, 5.41) is 2.86. The molecule has 1 aromatic rings. The monoisotopic (exact) mass is 217 g/mol. The zero-order valence-corrected chi connectivity index (χ0v) is 8.96. The molecular weight excluding hydrogens is 206 g/mol. The van der Waals surface area contributed by atoms with E-state index in [2.05, 4.69) is 25.7 Å². The number of aromatic nitrogens is 3. The molecule has 7 heteroatoms. The molecule has 0 saturated carbocycles. The van der Waals surface area contributed by atoms with Crippen molar-refractivity contribution in [1.29, 1.82) is 0 Å². The Morgan fingerprint density at radius 3 is 2.43 bits per heavy atom. The number of halogens is 1. The summed E-state index contributed by atoms with van der Waals surface area (Å²) in [7, 11) is 1.69. The highest BCUT2D eigenvalue weighted by atomic mass is 35.5. The van der Waals surface area contributed by atoms with Crippen LogP contribution >= 0.6 is 11.6 Å². The second-order valence-corrected chi connectivity index (χ2v) is 3.11. The van der Waals surface area contributed by atoms with Crippen molar-refractivity contribution in [3.63, 3.8) is 0 Å². The van der Waals surface area contributed by atoms with E-state index in [4.69, 9.17) is 16.4 Å². The maximum atomic E-state index is 5.65. The first kappa shape index (κ1) is 10.9. The lowest BCUT2D eigenvalue weighted by atomic mass is 10.5. The Morgan fingerprint density at radius 2 is 1.86 bits per heavy atom. The van der Waals surface area contributed by atoms with Crippen molar-refractivity contribution in [3.05, 3.63) is 5.28 Å². The molecule has 0 fully saturated rings. The van der Waals surface area contributed by atoms with E-state index in [1.807, 2.05) is 13.8 Å². The van der Waals surface area contributed by atoms with Crippen LogP contribution in [0.1, 0.15) is 13.8 Å². The van der Waals surface area contributed by atoms with Gasteiger partial charge in [0.2, 0.25) is 11.2 Å².